The van der Waals surface area contributed by atoms with Crippen LogP contribution >= 0.6 is 0 Å². The Morgan fingerprint density at radius 1 is 1.62 bits per heavy atom. The molecule has 1 amide bonds. The first-order valence-corrected chi connectivity index (χ1v) is 5.14. The average Bonchev–Trinajstić information content (AvgIpc) is 2.03. The molecule has 1 rings (SSSR count). The molecule has 0 aromatic heterocycles. The van der Waals surface area contributed by atoms with Crippen molar-refractivity contribution in [1.29, 1.82) is 0 Å². The number of hydrogen-bond acceptors (Lipinski definition) is 2. The molecule has 0 spiro atoms. The number of rotatable bonds is 2. The summed E-state index contributed by atoms with van der Waals surface area (Å²) in [5.74, 6) is 0.199. The molecule has 2 unspecified atom stereocenters. The first kappa shape index (κ1) is 10.5. The van der Waals surface area contributed by atoms with E-state index in [9.17, 15) is 4.79 Å². The van der Waals surface area contributed by atoms with E-state index in [-0.39, 0.29) is 11.9 Å². The van der Waals surface area contributed by atoms with Crippen molar-refractivity contribution in [3.05, 3.63) is 0 Å². The number of carbonyl (C=O) groups is 1. The van der Waals surface area contributed by atoms with Gasteiger partial charge >= 0.3 is 0 Å². The van der Waals surface area contributed by atoms with Gasteiger partial charge in [-0.2, -0.15) is 0 Å². The van der Waals surface area contributed by atoms with E-state index in [2.05, 4.69) is 0 Å². The van der Waals surface area contributed by atoms with Crippen molar-refractivity contribution >= 4 is 5.91 Å². The highest BCUT2D eigenvalue weighted by molar-refractivity contribution is 5.73. The van der Waals surface area contributed by atoms with Gasteiger partial charge in [-0.05, 0) is 32.6 Å². The predicted octanol–water partition coefficient (Wildman–Crippen LogP) is 1.12. The molecule has 3 nitrogen and oxygen atoms in total. The minimum absolute atomic E-state index is 0.199. The van der Waals surface area contributed by atoms with Gasteiger partial charge in [0, 0.05) is 25.6 Å². The van der Waals surface area contributed by atoms with E-state index in [1.807, 2.05) is 11.8 Å². The van der Waals surface area contributed by atoms with Gasteiger partial charge in [0.25, 0.3) is 0 Å². The summed E-state index contributed by atoms with van der Waals surface area (Å²) in [6.07, 6.45) is 4.46. The molecule has 0 radical (unpaired) electrons. The van der Waals surface area contributed by atoms with E-state index in [1.165, 1.54) is 6.42 Å². The highest BCUT2D eigenvalue weighted by Gasteiger charge is 2.24. The molecule has 1 saturated heterocycles. The Balaban J connectivity index is 2.51. The summed E-state index contributed by atoms with van der Waals surface area (Å²) in [5, 5.41) is 0. The van der Waals surface area contributed by atoms with E-state index in [1.54, 1.807) is 6.92 Å². The summed E-state index contributed by atoms with van der Waals surface area (Å²) in [7, 11) is 0. The molecule has 0 aromatic rings. The summed E-state index contributed by atoms with van der Waals surface area (Å²) in [6, 6.07) is 0.594. The molecule has 1 fully saturated rings. The molecule has 76 valence electrons. The van der Waals surface area contributed by atoms with Crippen LogP contribution in [0.4, 0.5) is 0 Å². The molecule has 1 heterocycles. The summed E-state index contributed by atoms with van der Waals surface area (Å²) in [4.78, 5) is 13.3. The number of hydrogen-bond donors (Lipinski definition) is 1. The van der Waals surface area contributed by atoms with Gasteiger partial charge in [-0.1, -0.05) is 0 Å². The van der Waals surface area contributed by atoms with E-state index >= 15 is 0 Å². The van der Waals surface area contributed by atoms with Crippen LogP contribution in [-0.4, -0.2) is 29.4 Å². The molecule has 3 heteroatoms. The first-order chi connectivity index (χ1) is 6.11. The largest absolute Gasteiger partial charge is 0.340 e. The van der Waals surface area contributed by atoms with Crippen molar-refractivity contribution in [3.8, 4) is 0 Å². The minimum atomic E-state index is 0.199. The van der Waals surface area contributed by atoms with Crippen LogP contribution < -0.4 is 5.73 Å². The van der Waals surface area contributed by atoms with E-state index in [0.717, 1.165) is 25.8 Å². The zero-order valence-corrected chi connectivity index (χ0v) is 8.62. The first-order valence-electron chi connectivity index (χ1n) is 5.14. The van der Waals surface area contributed by atoms with Crippen LogP contribution in [0.1, 0.15) is 39.5 Å². The molecule has 2 N–H and O–H groups in total. The maximum absolute atomic E-state index is 11.3. The number of nitrogens with zero attached hydrogens (tertiary/aromatic N) is 1. The van der Waals surface area contributed by atoms with Crippen LogP contribution in [0, 0.1) is 0 Å². The lowest BCUT2D eigenvalue weighted by molar-refractivity contribution is -0.132. The second-order valence-electron chi connectivity index (χ2n) is 4.08. The van der Waals surface area contributed by atoms with Crippen molar-refractivity contribution in [2.45, 2.75) is 51.6 Å². The smallest absolute Gasteiger partial charge is 0.219 e. The topological polar surface area (TPSA) is 46.3 Å². The standard InChI is InChI=1S/C10H20N2O/c1-8(11)7-10-5-3-4-6-12(10)9(2)13/h8,10H,3-7,11H2,1-2H3. The van der Waals surface area contributed by atoms with Crippen LogP contribution in [0.3, 0.4) is 0 Å². The van der Waals surface area contributed by atoms with Crippen molar-refractivity contribution in [1.82, 2.24) is 4.90 Å². The fourth-order valence-corrected chi connectivity index (χ4v) is 2.09. The van der Waals surface area contributed by atoms with Crippen molar-refractivity contribution in [2.75, 3.05) is 6.54 Å². The van der Waals surface area contributed by atoms with Gasteiger partial charge in [0.15, 0.2) is 0 Å². The molecular formula is C10H20N2O. The lowest BCUT2D eigenvalue weighted by atomic mass is 9.96. The summed E-state index contributed by atoms with van der Waals surface area (Å²) in [5.41, 5.74) is 5.75. The Kier molecular flexibility index (Phi) is 3.72. The fourth-order valence-electron chi connectivity index (χ4n) is 2.09. The molecule has 1 aliphatic rings. The van der Waals surface area contributed by atoms with E-state index in [0.29, 0.717) is 6.04 Å². The highest BCUT2D eigenvalue weighted by atomic mass is 16.2. The van der Waals surface area contributed by atoms with Crippen LogP contribution in [-0.2, 0) is 4.79 Å². The molecule has 13 heavy (non-hydrogen) atoms. The second-order valence-corrected chi connectivity index (χ2v) is 4.08. The van der Waals surface area contributed by atoms with E-state index < -0.39 is 0 Å². The molecule has 0 aromatic carbocycles. The highest BCUT2D eigenvalue weighted by Crippen LogP contribution is 2.20. The zero-order chi connectivity index (χ0) is 9.84. The number of piperidine rings is 1. The molecule has 0 saturated carbocycles. The third-order valence-electron chi connectivity index (χ3n) is 2.68. The Bertz CT molecular complexity index is 180. The monoisotopic (exact) mass is 184 g/mol. The van der Waals surface area contributed by atoms with Crippen LogP contribution in [0.2, 0.25) is 0 Å². The Morgan fingerprint density at radius 3 is 2.85 bits per heavy atom. The normalized spacial score (nSPS) is 25.8. The Morgan fingerprint density at radius 2 is 2.31 bits per heavy atom. The lowest BCUT2D eigenvalue weighted by Gasteiger charge is -2.36. The summed E-state index contributed by atoms with van der Waals surface area (Å²) >= 11 is 0. The molecule has 0 bridgehead atoms. The number of carbonyl (C=O) groups excluding carboxylic acids is 1. The van der Waals surface area contributed by atoms with Crippen molar-refractivity contribution in [3.63, 3.8) is 0 Å². The second kappa shape index (κ2) is 4.61. The number of amides is 1. The SMILES string of the molecule is CC(=O)N1CCCCC1CC(C)N. The molecule has 2 atom stereocenters. The summed E-state index contributed by atoms with van der Waals surface area (Å²) in [6.45, 7) is 4.58. The summed E-state index contributed by atoms with van der Waals surface area (Å²) < 4.78 is 0. The fraction of sp³-hybridized carbons (Fsp3) is 0.900. The average molecular weight is 184 g/mol. The number of likely N-dealkylation sites (tertiary alicyclic amines) is 1. The van der Waals surface area contributed by atoms with E-state index in [4.69, 9.17) is 5.73 Å². The Hall–Kier alpha value is -0.570. The van der Waals surface area contributed by atoms with Gasteiger partial charge in [0.1, 0.15) is 0 Å². The maximum atomic E-state index is 11.3. The van der Waals surface area contributed by atoms with Gasteiger partial charge in [-0.15, -0.1) is 0 Å². The zero-order valence-electron chi connectivity index (χ0n) is 8.62. The van der Waals surface area contributed by atoms with Crippen LogP contribution in [0.25, 0.3) is 0 Å². The van der Waals surface area contributed by atoms with Crippen molar-refractivity contribution < 1.29 is 4.79 Å². The van der Waals surface area contributed by atoms with Gasteiger partial charge in [0.05, 0.1) is 0 Å². The van der Waals surface area contributed by atoms with Gasteiger partial charge in [0.2, 0.25) is 5.91 Å². The Labute approximate surface area is 80.3 Å². The maximum Gasteiger partial charge on any atom is 0.219 e. The van der Waals surface area contributed by atoms with Gasteiger partial charge < -0.3 is 10.6 Å². The third-order valence-corrected chi connectivity index (χ3v) is 2.68. The number of nitrogens with two attached hydrogens (primary N) is 1. The lowest BCUT2D eigenvalue weighted by Crippen LogP contribution is -2.44. The third kappa shape index (κ3) is 2.99. The van der Waals surface area contributed by atoms with Crippen LogP contribution in [0.15, 0.2) is 0 Å². The quantitative estimate of drug-likeness (QED) is 0.699. The van der Waals surface area contributed by atoms with Gasteiger partial charge in [-0.25, -0.2) is 0 Å². The molecular weight excluding hydrogens is 164 g/mol. The molecule has 0 aliphatic carbocycles. The van der Waals surface area contributed by atoms with Crippen molar-refractivity contribution in [2.24, 2.45) is 5.73 Å². The molecule has 1 aliphatic heterocycles. The predicted molar refractivity (Wildman–Crippen MR) is 53.3 cm³/mol. The van der Waals surface area contributed by atoms with Gasteiger partial charge in [-0.3, -0.25) is 4.79 Å². The minimum Gasteiger partial charge on any atom is -0.340 e. The van der Waals surface area contributed by atoms with Crippen LogP contribution in [0.5, 0.6) is 0 Å².